The smallest absolute Gasteiger partial charge is 0.414 e. The number of amides is 1. The second-order valence-electron chi connectivity index (χ2n) is 3.54. The lowest BCUT2D eigenvalue weighted by Gasteiger charge is -2.20. The summed E-state index contributed by atoms with van der Waals surface area (Å²) >= 11 is 0. The van der Waals surface area contributed by atoms with Crippen LogP contribution >= 0.6 is 0 Å². The molecule has 1 aromatic carbocycles. The Morgan fingerprint density at radius 3 is 3.12 bits per heavy atom. The second-order valence-corrected chi connectivity index (χ2v) is 3.54. The van der Waals surface area contributed by atoms with Crippen molar-refractivity contribution in [2.24, 2.45) is 5.73 Å². The van der Waals surface area contributed by atoms with E-state index in [0.717, 1.165) is 5.69 Å². The molecule has 1 amide bonds. The van der Waals surface area contributed by atoms with Crippen LogP contribution in [0, 0.1) is 0 Å². The Bertz CT molecular complexity index is 395. The summed E-state index contributed by atoms with van der Waals surface area (Å²) in [7, 11) is 1.59. The second kappa shape index (κ2) is 4.40. The Hall–Kier alpha value is -1.75. The van der Waals surface area contributed by atoms with E-state index in [1.807, 2.05) is 18.2 Å². The van der Waals surface area contributed by atoms with Gasteiger partial charge in [-0.1, -0.05) is 6.07 Å². The molecule has 5 nitrogen and oxygen atoms in total. The maximum atomic E-state index is 11.6. The average Bonchev–Trinajstić information content (AvgIpc) is 2.70. The maximum absolute atomic E-state index is 11.6. The van der Waals surface area contributed by atoms with Crippen LogP contribution in [0.25, 0.3) is 0 Å². The normalized spacial score (nSPS) is 19.8. The molecule has 0 radical (unpaired) electrons. The molecule has 0 bridgehead atoms. The van der Waals surface area contributed by atoms with Crippen LogP contribution in [0.1, 0.15) is 0 Å². The third-order valence-corrected chi connectivity index (χ3v) is 2.56. The predicted molar refractivity (Wildman–Crippen MR) is 59.7 cm³/mol. The molecular formula is C11H14N2O3. The van der Waals surface area contributed by atoms with Crippen molar-refractivity contribution in [2.75, 3.05) is 25.2 Å². The van der Waals surface area contributed by atoms with Crippen molar-refractivity contribution in [1.29, 1.82) is 0 Å². The van der Waals surface area contributed by atoms with E-state index >= 15 is 0 Å². The van der Waals surface area contributed by atoms with Crippen molar-refractivity contribution in [3.63, 3.8) is 0 Å². The Morgan fingerprint density at radius 1 is 1.62 bits per heavy atom. The van der Waals surface area contributed by atoms with Crippen molar-refractivity contribution in [3.8, 4) is 5.75 Å². The number of benzene rings is 1. The first-order chi connectivity index (χ1) is 7.76. The number of hydrogen-bond acceptors (Lipinski definition) is 4. The lowest BCUT2D eigenvalue weighted by Crippen LogP contribution is -2.38. The van der Waals surface area contributed by atoms with E-state index < -0.39 is 0 Å². The summed E-state index contributed by atoms with van der Waals surface area (Å²) in [5.41, 5.74) is 6.34. The van der Waals surface area contributed by atoms with Gasteiger partial charge in [0.15, 0.2) is 0 Å². The number of cyclic esters (lactones) is 1. The van der Waals surface area contributed by atoms with Crippen molar-refractivity contribution in [3.05, 3.63) is 24.3 Å². The van der Waals surface area contributed by atoms with Crippen LogP contribution in [-0.2, 0) is 4.74 Å². The van der Waals surface area contributed by atoms with Crippen LogP contribution in [-0.4, -0.2) is 32.4 Å². The number of anilines is 1. The van der Waals surface area contributed by atoms with Crippen LogP contribution < -0.4 is 15.4 Å². The van der Waals surface area contributed by atoms with Gasteiger partial charge in [-0.25, -0.2) is 4.79 Å². The molecule has 0 spiro atoms. The number of nitrogens with zero attached hydrogens (tertiary/aromatic N) is 1. The number of carbonyl (C=O) groups excluding carboxylic acids is 1. The number of carbonyl (C=O) groups is 1. The van der Waals surface area contributed by atoms with E-state index in [2.05, 4.69) is 0 Å². The van der Waals surface area contributed by atoms with Crippen LogP contribution in [0.15, 0.2) is 24.3 Å². The Balaban J connectivity index is 2.30. The highest BCUT2D eigenvalue weighted by Gasteiger charge is 2.33. The summed E-state index contributed by atoms with van der Waals surface area (Å²) in [6, 6.07) is 7.17. The minimum Gasteiger partial charge on any atom is -0.497 e. The number of nitrogens with two attached hydrogens (primary N) is 1. The van der Waals surface area contributed by atoms with Gasteiger partial charge in [0.05, 0.1) is 18.8 Å². The van der Waals surface area contributed by atoms with Gasteiger partial charge >= 0.3 is 6.09 Å². The minimum atomic E-state index is -0.358. The third kappa shape index (κ3) is 1.81. The van der Waals surface area contributed by atoms with Crippen molar-refractivity contribution >= 4 is 11.8 Å². The van der Waals surface area contributed by atoms with Gasteiger partial charge in [-0.2, -0.15) is 0 Å². The zero-order chi connectivity index (χ0) is 11.5. The Kier molecular flexibility index (Phi) is 2.96. The molecule has 0 aromatic heterocycles. The van der Waals surface area contributed by atoms with Crippen LogP contribution in [0.2, 0.25) is 0 Å². The molecule has 1 heterocycles. The fourth-order valence-electron chi connectivity index (χ4n) is 1.71. The van der Waals surface area contributed by atoms with Gasteiger partial charge in [0, 0.05) is 12.6 Å². The maximum Gasteiger partial charge on any atom is 0.414 e. The van der Waals surface area contributed by atoms with Gasteiger partial charge in [0.25, 0.3) is 0 Å². The van der Waals surface area contributed by atoms with E-state index in [-0.39, 0.29) is 12.1 Å². The summed E-state index contributed by atoms with van der Waals surface area (Å²) < 4.78 is 10.1. The van der Waals surface area contributed by atoms with Gasteiger partial charge in [0.1, 0.15) is 12.4 Å². The topological polar surface area (TPSA) is 64.8 Å². The first-order valence-electron chi connectivity index (χ1n) is 5.06. The zero-order valence-electron chi connectivity index (χ0n) is 9.05. The van der Waals surface area contributed by atoms with Crippen molar-refractivity contribution in [2.45, 2.75) is 6.04 Å². The predicted octanol–water partition coefficient (Wildman–Crippen LogP) is 0.979. The number of methoxy groups -OCH3 is 1. The molecule has 1 atom stereocenters. The largest absolute Gasteiger partial charge is 0.497 e. The molecule has 1 saturated heterocycles. The quantitative estimate of drug-likeness (QED) is 0.828. The molecule has 2 N–H and O–H groups in total. The van der Waals surface area contributed by atoms with Crippen LogP contribution in [0.4, 0.5) is 10.5 Å². The number of hydrogen-bond donors (Lipinski definition) is 1. The molecule has 0 saturated carbocycles. The number of rotatable bonds is 3. The number of ether oxygens (including phenoxy) is 2. The summed E-state index contributed by atoms with van der Waals surface area (Å²) in [6.07, 6.45) is -0.358. The third-order valence-electron chi connectivity index (χ3n) is 2.56. The lowest BCUT2D eigenvalue weighted by atomic mass is 10.2. The molecule has 1 fully saturated rings. The average molecular weight is 222 g/mol. The van der Waals surface area contributed by atoms with Crippen LogP contribution in [0.3, 0.4) is 0 Å². The van der Waals surface area contributed by atoms with Gasteiger partial charge < -0.3 is 15.2 Å². The SMILES string of the molecule is COc1cccc(N2C(=O)OCC2CN)c1. The molecule has 86 valence electrons. The molecule has 1 aliphatic heterocycles. The van der Waals surface area contributed by atoms with E-state index in [1.165, 1.54) is 0 Å². The van der Waals surface area contributed by atoms with Crippen molar-refractivity contribution in [1.82, 2.24) is 0 Å². The van der Waals surface area contributed by atoms with Gasteiger partial charge in [-0.05, 0) is 12.1 Å². The minimum absolute atomic E-state index is 0.0976. The van der Waals surface area contributed by atoms with Gasteiger partial charge in [-0.3, -0.25) is 4.90 Å². The zero-order valence-corrected chi connectivity index (χ0v) is 9.05. The summed E-state index contributed by atoms with van der Waals surface area (Å²) in [5.74, 6) is 0.702. The van der Waals surface area contributed by atoms with Crippen molar-refractivity contribution < 1.29 is 14.3 Å². The summed E-state index contributed by atoms with van der Waals surface area (Å²) in [6.45, 7) is 0.718. The fourth-order valence-corrected chi connectivity index (χ4v) is 1.71. The molecular weight excluding hydrogens is 208 g/mol. The highest BCUT2D eigenvalue weighted by atomic mass is 16.6. The van der Waals surface area contributed by atoms with E-state index in [4.69, 9.17) is 15.2 Å². The molecule has 1 aliphatic rings. The summed E-state index contributed by atoms with van der Waals surface area (Å²) in [4.78, 5) is 13.1. The Labute approximate surface area is 93.7 Å². The molecule has 1 aromatic rings. The molecule has 0 aliphatic carbocycles. The monoisotopic (exact) mass is 222 g/mol. The lowest BCUT2D eigenvalue weighted by molar-refractivity contribution is 0.179. The standard InChI is InChI=1S/C11H14N2O3/c1-15-10-4-2-3-8(5-10)13-9(6-12)7-16-11(13)14/h2-5,9H,6-7,12H2,1H3. The summed E-state index contributed by atoms with van der Waals surface area (Å²) in [5, 5.41) is 0. The van der Waals surface area contributed by atoms with Crippen LogP contribution in [0.5, 0.6) is 5.75 Å². The highest BCUT2D eigenvalue weighted by molar-refractivity contribution is 5.90. The van der Waals surface area contributed by atoms with Gasteiger partial charge in [-0.15, -0.1) is 0 Å². The molecule has 5 heteroatoms. The molecule has 1 unspecified atom stereocenters. The van der Waals surface area contributed by atoms with Gasteiger partial charge in [0.2, 0.25) is 0 Å². The molecule has 2 rings (SSSR count). The van der Waals surface area contributed by atoms with E-state index in [9.17, 15) is 4.79 Å². The van der Waals surface area contributed by atoms with E-state index in [1.54, 1.807) is 18.1 Å². The Morgan fingerprint density at radius 2 is 2.44 bits per heavy atom. The first kappa shape index (κ1) is 10.8. The molecule has 16 heavy (non-hydrogen) atoms. The van der Waals surface area contributed by atoms with E-state index in [0.29, 0.717) is 18.9 Å². The first-order valence-corrected chi connectivity index (χ1v) is 5.06. The fraction of sp³-hybridized carbons (Fsp3) is 0.364. The highest BCUT2D eigenvalue weighted by Crippen LogP contribution is 2.26.